The zero-order chi connectivity index (χ0) is 24.8. The molecule has 2 aliphatic rings. The summed E-state index contributed by atoms with van der Waals surface area (Å²) >= 11 is 0. The Morgan fingerprint density at radius 2 is 0.636 bits per heavy atom. The number of ether oxygens (including phenoxy) is 3. The molecular weight excluding hydrogens is 432 g/mol. The van der Waals surface area contributed by atoms with Crippen LogP contribution in [0.15, 0.2) is 0 Å². The standard InChI is InChI=1S/C6H10O3.3C6H14O2/c1(5-3-8-5)7-2-6-4-9-6;3*7-5-3-1-2-4-6-8/h5-6H,1-4H2;3*7-8H,1-6H2. The molecule has 2 aliphatic heterocycles. The van der Waals surface area contributed by atoms with Gasteiger partial charge in [0.15, 0.2) is 0 Å². The zero-order valence-electron chi connectivity index (χ0n) is 20.6. The molecule has 2 fully saturated rings. The summed E-state index contributed by atoms with van der Waals surface area (Å²) in [6.45, 7) is 4.96. The SMILES string of the molecule is C(OCC1CO1)C1CO1.OCCCCCCO.OCCCCCCO.OCCCCCCO. The molecule has 0 saturated carbocycles. The zero-order valence-corrected chi connectivity index (χ0v) is 20.6. The van der Waals surface area contributed by atoms with Crippen molar-refractivity contribution in [3.63, 3.8) is 0 Å². The Bertz CT molecular complexity index is 269. The average molecular weight is 485 g/mol. The van der Waals surface area contributed by atoms with Gasteiger partial charge in [0, 0.05) is 39.6 Å². The van der Waals surface area contributed by atoms with Crippen LogP contribution in [0.4, 0.5) is 0 Å². The van der Waals surface area contributed by atoms with E-state index in [1.807, 2.05) is 0 Å². The summed E-state index contributed by atoms with van der Waals surface area (Å²) in [4.78, 5) is 0. The second kappa shape index (κ2) is 31.6. The van der Waals surface area contributed by atoms with Gasteiger partial charge >= 0.3 is 0 Å². The number of hydrogen-bond acceptors (Lipinski definition) is 9. The number of unbranched alkanes of at least 4 members (excludes halogenated alkanes) is 9. The second-order valence-corrected chi connectivity index (χ2v) is 8.03. The fourth-order valence-electron chi connectivity index (χ4n) is 2.39. The quantitative estimate of drug-likeness (QED) is 0.118. The van der Waals surface area contributed by atoms with Gasteiger partial charge in [-0.3, -0.25) is 0 Å². The van der Waals surface area contributed by atoms with E-state index < -0.39 is 0 Å². The lowest BCUT2D eigenvalue weighted by atomic mass is 10.2. The summed E-state index contributed by atoms with van der Waals surface area (Å²) in [5.74, 6) is 0. The van der Waals surface area contributed by atoms with Gasteiger partial charge in [0.25, 0.3) is 0 Å². The summed E-state index contributed by atoms with van der Waals surface area (Å²) in [7, 11) is 0. The normalized spacial score (nSPS) is 17.6. The van der Waals surface area contributed by atoms with E-state index in [0.717, 1.165) is 103 Å². The van der Waals surface area contributed by atoms with Gasteiger partial charge in [-0.15, -0.1) is 0 Å². The molecule has 0 amide bonds. The van der Waals surface area contributed by atoms with E-state index in [1.54, 1.807) is 0 Å². The molecule has 9 heteroatoms. The van der Waals surface area contributed by atoms with Gasteiger partial charge < -0.3 is 44.8 Å². The number of aliphatic hydroxyl groups excluding tert-OH is 6. The van der Waals surface area contributed by atoms with Crippen LogP contribution in [0.5, 0.6) is 0 Å². The Morgan fingerprint density at radius 3 is 0.788 bits per heavy atom. The second-order valence-electron chi connectivity index (χ2n) is 8.03. The molecule has 0 radical (unpaired) electrons. The molecule has 202 valence electrons. The van der Waals surface area contributed by atoms with E-state index in [1.165, 1.54) is 0 Å². The molecule has 2 rings (SSSR count). The molecule has 2 unspecified atom stereocenters. The largest absolute Gasteiger partial charge is 0.396 e. The van der Waals surface area contributed by atoms with Crippen molar-refractivity contribution in [2.75, 3.05) is 66.1 Å². The molecule has 6 N–H and O–H groups in total. The summed E-state index contributed by atoms with van der Waals surface area (Å²) in [5.41, 5.74) is 0. The van der Waals surface area contributed by atoms with Gasteiger partial charge in [-0.1, -0.05) is 38.5 Å². The minimum atomic E-state index is 0.283. The molecule has 0 spiro atoms. The third kappa shape index (κ3) is 39.2. The van der Waals surface area contributed by atoms with Gasteiger partial charge in [0.05, 0.1) is 26.4 Å². The first-order chi connectivity index (χ1) is 16.2. The van der Waals surface area contributed by atoms with Gasteiger partial charge in [-0.25, -0.2) is 0 Å². The smallest absolute Gasteiger partial charge is 0.104 e. The van der Waals surface area contributed by atoms with Crippen LogP contribution in [0.25, 0.3) is 0 Å². The lowest BCUT2D eigenvalue weighted by molar-refractivity contribution is 0.102. The van der Waals surface area contributed by atoms with Crippen LogP contribution in [0.2, 0.25) is 0 Å². The van der Waals surface area contributed by atoms with Crippen LogP contribution in [-0.4, -0.2) is 109 Å². The van der Waals surface area contributed by atoms with E-state index in [-0.39, 0.29) is 39.6 Å². The van der Waals surface area contributed by atoms with E-state index in [2.05, 4.69) is 0 Å². The van der Waals surface area contributed by atoms with E-state index in [0.29, 0.717) is 12.2 Å². The molecule has 0 aromatic carbocycles. The van der Waals surface area contributed by atoms with Crippen LogP contribution < -0.4 is 0 Å². The van der Waals surface area contributed by atoms with E-state index in [4.69, 9.17) is 44.8 Å². The Hall–Kier alpha value is -0.360. The first kappa shape index (κ1) is 34.8. The highest BCUT2D eigenvalue weighted by atomic mass is 16.6. The number of rotatable bonds is 19. The van der Waals surface area contributed by atoms with Crippen LogP contribution in [0, 0.1) is 0 Å². The third-order valence-corrected chi connectivity index (χ3v) is 4.61. The number of epoxide rings is 2. The molecule has 0 aromatic rings. The highest BCUT2D eigenvalue weighted by molar-refractivity contribution is 4.71. The minimum Gasteiger partial charge on any atom is -0.396 e. The van der Waals surface area contributed by atoms with Crippen LogP contribution >= 0.6 is 0 Å². The van der Waals surface area contributed by atoms with Crippen molar-refractivity contribution in [2.45, 2.75) is 89.3 Å². The minimum absolute atomic E-state index is 0.283. The van der Waals surface area contributed by atoms with Gasteiger partial charge in [-0.05, 0) is 38.5 Å². The Balaban J connectivity index is 0. The Kier molecular flexibility index (Phi) is 33.4. The van der Waals surface area contributed by atoms with Crippen molar-refractivity contribution in [3.05, 3.63) is 0 Å². The van der Waals surface area contributed by atoms with Crippen molar-refractivity contribution in [2.24, 2.45) is 0 Å². The molecule has 0 bridgehead atoms. The van der Waals surface area contributed by atoms with Crippen molar-refractivity contribution in [1.29, 1.82) is 0 Å². The van der Waals surface area contributed by atoms with Gasteiger partial charge in [-0.2, -0.15) is 0 Å². The van der Waals surface area contributed by atoms with Crippen molar-refractivity contribution < 1.29 is 44.8 Å². The first-order valence-electron chi connectivity index (χ1n) is 12.7. The van der Waals surface area contributed by atoms with Crippen LogP contribution in [0.1, 0.15) is 77.0 Å². The van der Waals surface area contributed by atoms with E-state index in [9.17, 15) is 0 Å². The first-order valence-corrected chi connectivity index (χ1v) is 12.7. The Morgan fingerprint density at radius 1 is 0.424 bits per heavy atom. The summed E-state index contributed by atoms with van der Waals surface area (Å²) in [5, 5.41) is 49.8. The maximum atomic E-state index is 8.30. The molecule has 9 nitrogen and oxygen atoms in total. The lowest BCUT2D eigenvalue weighted by Crippen LogP contribution is -2.06. The lowest BCUT2D eigenvalue weighted by Gasteiger charge is -1.95. The fourth-order valence-corrected chi connectivity index (χ4v) is 2.39. The predicted molar refractivity (Wildman–Crippen MR) is 128 cm³/mol. The summed E-state index contributed by atoms with van der Waals surface area (Å²) in [6.07, 6.45) is 12.3. The highest BCUT2D eigenvalue weighted by Gasteiger charge is 2.26. The van der Waals surface area contributed by atoms with E-state index >= 15 is 0 Å². The average Bonchev–Trinajstić information content (AvgIpc) is 3.75. The van der Waals surface area contributed by atoms with Gasteiger partial charge in [0.1, 0.15) is 12.2 Å². The monoisotopic (exact) mass is 484 g/mol. The third-order valence-electron chi connectivity index (χ3n) is 4.61. The fraction of sp³-hybridized carbons (Fsp3) is 1.00. The van der Waals surface area contributed by atoms with Crippen LogP contribution in [-0.2, 0) is 14.2 Å². The topological polar surface area (TPSA) is 156 Å². The highest BCUT2D eigenvalue weighted by Crippen LogP contribution is 2.12. The maximum Gasteiger partial charge on any atom is 0.104 e. The number of aliphatic hydroxyl groups is 6. The van der Waals surface area contributed by atoms with Crippen molar-refractivity contribution >= 4 is 0 Å². The summed E-state index contributed by atoms with van der Waals surface area (Å²) < 4.78 is 15.1. The molecule has 33 heavy (non-hydrogen) atoms. The maximum absolute atomic E-state index is 8.30. The molecular formula is C24H52O9. The van der Waals surface area contributed by atoms with Crippen LogP contribution in [0.3, 0.4) is 0 Å². The predicted octanol–water partition coefficient (Wildman–Crippen LogP) is 1.39. The molecule has 2 atom stereocenters. The molecule has 2 heterocycles. The van der Waals surface area contributed by atoms with Gasteiger partial charge in [0.2, 0.25) is 0 Å². The Labute approximate surface area is 200 Å². The molecule has 2 saturated heterocycles. The van der Waals surface area contributed by atoms with Crippen molar-refractivity contribution in [3.8, 4) is 0 Å². The summed E-state index contributed by atoms with van der Waals surface area (Å²) in [6, 6.07) is 0. The number of hydrogen-bond donors (Lipinski definition) is 6. The molecule has 0 aliphatic carbocycles. The molecule has 0 aromatic heterocycles. The van der Waals surface area contributed by atoms with Crippen molar-refractivity contribution in [1.82, 2.24) is 0 Å².